The minimum atomic E-state index is -1.17. The first-order valence-corrected chi connectivity index (χ1v) is 8.17. The average Bonchev–Trinajstić information content (AvgIpc) is 2.44. The van der Waals surface area contributed by atoms with Gasteiger partial charge in [-0.05, 0) is 22.9 Å². The van der Waals surface area contributed by atoms with Gasteiger partial charge in [0.15, 0.2) is 0 Å². The van der Waals surface area contributed by atoms with Gasteiger partial charge in [0.05, 0.1) is 22.7 Å². The predicted octanol–water partition coefficient (Wildman–Crippen LogP) is 2.31. The maximum Gasteiger partial charge on any atom is 0.0783 e. The van der Waals surface area contributed by atoms with Crippen molar-refractivity contribution < 1.29 is 9.32 Å². The Labute approximate surface area is 122 Å². The Balaban J connectivity index is 2.03. The Hall–Kier alpha value is -1.23. The molecule has 2 atom stereocenters. The quantitative estimate of drug-likeness (QED) is 0.858. The summed E-state index contributed by atoms with van der Waals surface area (Å²) in [7, 11) is -1.17. The molecule has 3 nitrogen and oxygen atoms in total. The number of nitrogens with one attached hydrogen (secondary N) is 1. The molecule has 0 heterocycles. The Bertz CT molecular complexity index is 598. The zero-order valence-electron chi connectivity index (χ0n) is 11.9. The molecule has 0 bridgehead atoms. The van der Waals surface area contributed by atoms with Crippen LogP contribution in [0.15, 0.2) is 47.4 Å². The molecule has 0 spiro atoms. The topological polar surface area (TPSA) is 49.3 Å². The third-order valence-corrected chi connectivity index (χ3v) is 4.56. The summed E-state index contributed by atoms with van der Waals surface area (Å²) in [5, 5.41) is 15.2. The highest BCUT2D eigenvalue weighted by molar-refractivity contribution is 7.85. The number of fused-ring (bicyclic) bond motifs is 1. The summed E-state index contributed by atoms with van der Waals surface area (Å²) in [5.41, 5.74) is 0. The van der Waals surface area contributed by atoms with E-state index in [1.807, 2.05) is 56.3 Å². The first kappa shape index (κ1) is 15.2. The minimum absolute atomic E-state index is 0.262. The van der Waals surface area contributed by atoms with Crippen LogP contribution in [0.25, 0.3) is 10.8 Å². The molecule has 0 aromatic heterocycles. The van der Waals surface area contributed by atoms with Crippen molar-refractivity contribution in [2.75, 3.05) is 12.3 Å². The fraction of sp³-hybridized carbons (Fsp3) is 0.375. The Morgan fingerprint density at radius 1 is 1.15 bits per heavy atom. The van der Waals surface area contributed by atoms with E-state index in [-0.39, 0.29) is 5.75 Å². The molecule has 2 aromatic carbocycles. The summed E-state index contributed by atoms with van der Waals surface area (Å²) < 4.78 is 12.3. The number of aliphatic hydroxyl groups excluding tert-OH is 1. The first-order valence-electron chi connectivity index (χ1n) is 6.85. The van der Waals surface area contributed by atoms with Gasteiger partial charge < -0.3 is 10.4 Å². The van der Waals surface area contributed by atoms with Gasteiger partial charge in [0.1, 0.15) is 0 Å². The highest BCUT2D eigenvalue weighted by Crippen LogP contribution is 2.18. The lowest BCUT2D eigenvalue weighted by Crippen LogP contribution is -2.34. The number of rotatable bonds is 6. The Kier molecular flexibility index (Phi) is 5.29. The van der Waals surface area contributed by atoms with E-state index < -0.39 is 16.9 Å². The maximum atomic E-state index is 12.3. The van der Waals surface area contributed by atoms with Crippen molar-refractivity contribution in [2.45, 2.75) is 30.9 Å². The van der Waals surface area contributed by atoms with E-state index in [2.05, 4.69) is 5.32 Å². The van der Waals surface area contributed by atoms with Crippen LogP contribution in [-0.2, 0) is 10.8 Å². The number of hydrogen-bond donors (Lipinski definition) is 2. The summed E-state index contributed by atoms with van der Waals surface area (Å²) in [6.45, 7) is 4.51. The van der Waals surface area contributed by atoms with Crippen LogP contribution in [0.3, 0.4) is 0 Å². The van der Waals surface area contributed by atoms with E-state index in [0.29, 0.717) is 12.6 Å². The van der Waals surface area contributed by atoms with Crippen molar-refractivity contribution in [3.8, 4) is 0 Å². The lowest BCUT2D eigenvalue weighted by Gasteiger charge is -2.14. The van der Waals surface area contributed by atoms with Crippen molar-refractivity contribution in [3.05, 3.63) is 42.5 Å². The van der Waals surface area contributed by atoms with Gasteiger partial charge in [-0.15, -0.1) is 0 Å². The number of benzene rings is 2. The lowest BCUT2D eigenvalue weighted by molar-refractivity contribution is 0.191. The summed E-state index contributed by atoms with van der Waals surface area (Å²) in [4.78, 5) is 0.771. The largest absolute Gasteiger partial charge is 0.391 e. The van der Waals surface area contributed by atoms with Crippen LogP contribution < -0.4 is 5.32 Å². The summed E-state index contributed by atoms with van der Waals surface area (Å²) in [5.74, 6) is 0.262. The third kappa shape index (κ3) is 4.13. The number of aliphatic hydroxyl groups is 1. The molecule has 2 N–H and O–H groups in total. The van der Waals surface area contributed by atoms with Crippen LogP contribution in [0.1, 0.15) is 13.8 Å². The Morgan fingerprint density at radius 2 is 1.85 bits per heavy atom. The summed E-state index contributed by atoms with van der Waals surface area (Å²) in [6, 6.07) is 14.1. The lowest BCUT2D eigenvalue weighted by atomic mass is 10.1. The monoisotopic (exact) mass is 291 g/mol. The van der Waals surface area contributed by atoms with Gasteiger partial charge in [-0.2, -0.15) is 0 Å². The molecule has 0 aliphatic rings. The minimum Gasteiger partial charge on any atom is -0.391 e. The van der Waals surface area contributed by atoms with Gasteiger partial charge in [0, 0.05) is 17.5 Å². The standard InChI is InChI=1S/C16H21NO2S/c1-12(2)17-10-15(18)11-20(19)16-8-7-13-5-3-4-6-14(13)9-16/h3-9,12,15,17-18H,10-11H2,1-2H3. The van der Waals surface area contributed by atoms with Crippen molar-refractivity contribution >= 4 is 21.6 Å². The van der Waals surface area contributed by atoms with E-state index in [0.717, 1.165) is 15.7 Å². The van der Waals surface area contributed by atoms with E-state index in [9.17, 15) is 9.32 Å². The highest BCUT2D eigenvalue weighted by atomic mass is 32.2. The highest BCUT2D eigenvalue weighted by Gasteiger charge is 2.12. The van der Waals surface area contributed by atoms with Gasteiger partial charge in [-0.1, -0.05) is 44.2 Å². The van der Waals surface area contributed by atoms with E-state index >= 15 is 0 Å². The molecular formula is C16H21NO2S. The van der Waals surface area contributed by atoms with Crippen LogP contribution in [0, 0.1) is 0 Å². The van der Waals surface area contributed by atoms with Crippen LogP contribution in [-0.4, -0.2) is 33.8 Å². The van der Waals surface area contributed by atoms with Crippen LogP contribution in [0.2, 0.25) is 0 Å². The van der Waals surface area contributed by atoms with Gasteiger partial charge in [0.25, 0.3) is 0 Å². The molecule has 4 heteroatoms. The summed E-state index contributed by atoms with van der Waals surface area (Å²) in [6.07, 6.45) is -0.593. The van der Waals surface area contributed by atoms with Gasteiger partial charge in [-0.3, -0.25) is 4.21 Å². The fourth-order valence-corrected chi connectivity index (χ4v) is 3.15. The molecule has 20 heavy (non-hydrogen) atoms. The molecule has 108 valence electrons. The SMILES string of the molecule is CC(C)NCC(O)CS(=O)c1ccc2ccccc2c1. The van der Waals surface area contributed by atoms with Crippen LogP contribution >= 0.6 is 0 Å². The van der Waals surface area contributed by atoms with Crippen molar-refractivity contribution in [3.63, 3.8) is 0 Å². The van der Waals surface area contributed by atoms with Crippen molar-refractivity contribution in [1.82, 2.24) is 5.32 Å². The molecule has 0 radical (unpaired) electrons. The molecule has 0 aliphatic carbocycles. The average molecular weight is 291 g/mol. The van der Waals surface area contributed by atoms with Crippen LogP contribution in [0.4, 0.5) is 0 Å². The van der Waals surface area contributed by atoms with Crippen molar-refractivity contribution in [2.24, 2.45) is 0 Å². The van der Waals surface area contributed by atoms with Gasteiger partial charge >= 0.3 is 0 Å². The molecule has 2 rings (SSSR count). The van der Waals surface area contributed by atoms with Crippen LogP contribution in [0.5, 0.6) is 0 Å². The second-order valence-corrected chi connectivity index (χ2v) is 6.73. The molecule has 0 aliphatic heterocycles. The van der Waals surface area contributed by atoms with Gasteiger partial charge in [0.2, 0.25) is 0 Å². The zero-order chi connectivity index (χ0) is 14.5. The molecule has 2 unspecified atom stereocenters. The van der Waals surface area contributed by atoms with Gasteiger partial charge in [-0.25, -0.2) is 0 Å². The zero-order valence-corrected chi connectivity index (χ0v) is 12.7. The molecule has 2 aromatic rings. The second-order valence-electron chi connectivity index (χ2n) is 5.24. The van der Waals surface area contributed by atoms with Crippen molar-refractivity contribution in [1.29, 1.82) is 0 Å². The second kappa shape index (κ2) is 6.97. The maximum absolute atomic E-state index is 12.3. The smallest absolute Gasteiger partial charge is 0.0783 e. The predicted molar refractivity (Wildman–Crippen MR) is 84.4 cm³/mol. The van der Waals surface area contributed by atoms with E-state index in [1.54, 1.807) is 0 Å². The van der Waals surface area contributed by atoms with E-state index in [1.165, 1.54) is 0 Å². The normalized spacial score (nSPS) is 14.6. The third-order valence-electron chi connectivity index (χ3n) is 3.09. The molecule has 0 saturated carbocycles. The molecule has 0 fully saturated rings. The number of hydrogen-bond acceptors (Lipinski definition) is 3. The van der Waals surface area contributed by atoms with E-state index in [4.69, 9.17) is 0 Å². The molecule has 0 saturated heterocycles. The Morgan fingerprint density at radius 3 is 2.55 bits per heavy atom. The first-order chi connectivity index (χ1) is 9.56. The molecule has 0 amide bonds. The summed E-state index contributed by atoms with van der Waals surface area (Å²) >= 11 is 0. The molecular weight excluding hydrogens is 270 g/mol. The fourth-order valence-electron chi connectivity index (χ4n) is 2.01.